The molecule has 0 aliphatic heterocycles. The lowest BCUT2D eigenvalue weighted by atomic mass is 10.2. The molecule has 9 heteroatoms. The molecule has 0 saturated carbocycles. The molecule has 0 amide bonds. The van der Waals surface area contributed by atoms with E-state index in [1.807, 2.05) is 6.07 Å². The summed E-state index contributed by atoms with van der Waals surface area (Å²) >= 11 is 0.812. The number of rotatable bonds is 4. The Bertz CT molecular complexity index is 804. The fourth-order valence-electron chi connectivity index (χ4n) is 1.47. The van der Waals surface area contributed by atoms with E-state index in [0.29, 0.717) is 5.56 Å². The van der Waals surface area contributed by atoms with Gasteiger partial charge >= 0.3 is 5.97 Å². The number of anilines is 1. The Kier molecular flexibility index (Phi) is 4.21. The molecule has 0 aliphatic rings. The van der Waals surface area contributed by atoms with E-state index in [9.17, 15) is 13.2 Å². The number of nitriles is 1. The van der Waals surface area contributed by atoms with Crippen LogP contribution in [-0.4, -0.2) is 26.5 Å². The van der Waals surface area contributed by atoms with Crippen molar-refractivity contribution in [2.24, 2.45) is 0 Å². The van der Waals surface area contributed by atoms with Crippen molar-refractivity contribution in [3.8, 4) is 6.07 Å². The maximum absolute atomic E-state index is 12.2. The number of carbonyl (C=O) groups excluding carboxylic acids is 1. The van der Waals surface area contributed by atoms with E-state index in [4.69, 9.17) is 5.26 Å². The molecule has 1 aromatic heterocycles. The molecule has 7 nitrogen and oxygen atoms in total. The monoisotopic (exact) mass is 323 g/mol. The summed E-state index contributed by atoms with van der Waals surface area (Å²) in [5.41, 5.74) is 1.67. The highest BCUT2D eigenvalue weighted by Gasteiger charge is 2.26. The molecular weight excluding hydrogens is 314 g/mol. The van der Waals surface area contributed by atoms with Crippen molar-refractivity contribution in [3.05, 3.63) is 41.0 Å². The number of hydrogen-bond donors (Lipinski definition) is 1. The molecule has 0 unspecified atom stereocenters. The first-order valence-electron chi connectivity index (χ1n) is 5.52. The van der Waals surface area contributed by atoms with Gasteiger partial charge in [-0.05, 0) is 24.3 Å². The number of sulfonamides is 1. The Labute approximate surface area is 124 Å². The van der Waals surface area contributed by atoms with Crippen LogP contribution in [0.15, 0.2) is 34.0 Å². The van der Waals surface area contributed by atoms with Crippen molar-refractivity contribution < 1.29 is 17.9 Å². The van der Waals surface area contributed by atoms with Crippen LogP contribution in [0.3, 0.4) is 0 Å². The van der Waals surface area contributed by atoms with Gasteiger partial charge in [0.15, 0.2) is 9.90 Å². The van der Waals surface area contributed by atoms with Gasteiger partial charge < -0.3 is 4.74 Å². The van der Waals surface area contributed by atoms with Crippen LogP contribution in [0, 0.1) is 11.3 Å². The Morgan fingerprint density at radius 2 is 2.05 bits per heavy atom. The van der Waals surface area contributed by atoms with Gasteiger partial charge in [0.2, 0.25) is 0 Å². The summed E-state index contributed by atoms with van der Waals surface area (Å²) in [6, 6.07) is 7.79. The number of nitrogens with zero attached hydrogens (tertiary/aromatic N) is 2. The van der Waals surface area contributed by atoms with Crippen molar-refractivity contribution in [1.82, 2.24) is 4.98 Å². The SMILES string of the molecule is COC(=O)c1ncsc1S(=O)(=O)Nc1ccc(C#N)cc1. The van der Waals surface area contributed by atoms with Crippen molar-refractivity contribution >= 4 is 33.0 Å². The minimum absolute atomic E-state index is 0.223. The van der Waals surface area contributed by atoms with Gasteiger partial charge in [-0.3, -0.25) is 4.72 Å². The first kappa shape index (κ1) is 15.0. The first-order valence-corrected chi connectivity index (χ1v) is 7.89. The van der Waals surface area contributed by atoms with Crippen LogP contribution in [0.5, 0.6) is 0 Å². The summed E-state index contributed by atoms with van der Waals surface area (Å²) < 4.78 is 31.1. The number of carbonyl (C=O) groups is 1. The van der Waals surface area contributed by atoms with E-state index in [1.54, 1.807) is 0 Å². The number of thiazole rings is 1. The molecule has 21 heavy (non-hydrogen) atoms. The van der Waals surface area contributed by atoms with Crippen molar-refractivity contribution in [3.63, 3.8) is 0 Å². The Hall–Kier alpha value is -2.44. The largest absolute Gasteiger partial charge is 0.464 e. The molecule has 1 heterocycles. The lowest BCUT2D eigenvalue weighted by molar-refractivity contribution is 0.0590. The van der Waals surface area contributed by atoms with Gasteiger partial charge in [-0.1, -0.05) is 0 Å². The molecule has 0 fully saturated rings. The minimum atomic E-state index is -3.95. The summed E-state index contributed by atoms with van der Waals surface area (Å²) in [5, 5.41) is 8.69. The number of ether oxygens (including phenoxy) is 1. The highest BCUT2D eigenvalue weighted by Crippen LogP contribution is 2.23. The fourth-order valence-corrected chi connectivity index (χ4v) is 3.67. The lowest BCUT2D eigenvalue weighted by Crippen LogP contribution is -2.16. The molecule has 0 radical (unpaired) electrons. The summed E-state index contributed by atoms with van der Waals surface area (Å²) in [4.78, 5) is 15.2. The highest BCUT2D eigenvalue weighted by atomic mass is 32.2. The molecule has 0 atom stereocenters. The molecule has 0 saturated heterocycles. The number of benzene rings is 1. The van der Waals surface area contributed by atoms with Crippen LogP contribution in [0.2, 0.25) is 0 Å². The maximum atomic E-state index is 12.2. The van der Waals surface area contributed by atoms with E-state index >= 15 is 0 Å². The second kappa shape index (κ2) is 5.90. The van der Waals surface area contributed by atoms with Gasteiger partial charge in [0, 0.05) is 5.69 Å². The van der Waals surface area contributed by atoms with Crippen molar-refractivity contribution in [2.45, 2.75) is 4.21 Å². The third-order valence-electron chi connectivity index (χ3n) is 2.42. The van der Waals surface area contributed by atoms with E-state index in [2.05, 4.69) is 14.4 Å². The zero-order valence-corrected chi connectivity index (χ0v) is 12.4. The Morgan fingerprint density at radius 3 is 2.62 bits per heavy atom. The van der Waals surface area contributed by atoms with Gasteiger partial charge in [-0.25, -0.2) is 18.2 Å². The maximum Gasteiger partial charge on any atom is 0.358 e. The number of methoxy groups -OCH3 is 1. The highest BCUT2D eigenvalue weighted by molar-refractivity contribution is 7.94. The van der Waals surface area contributed by atoms with Crippen LogP contribution >= 0.6 is 11.3 Å². The molecular formula is C12H9N3O4S2. The summed E-state index contributed by atoms with van der Waals surface area (Å²) in [7, 11) is -2.81. The Morgan fingerprint density at radius 1 is 1.38 bits per heavy atom. The van der Waals surface area contributed by atoms with Gasteiger partial charge in [0.05, 0.1) is 24.3 Å². The van der Waals surface area contributed by atoms with E-state index in [-0.39, 0.29) is 15.6 Å². The number of esters is 1. The van der Waals surface area contributed by atoms with Gasteiger partial charge in [-0.2, -0.15) is 5.26 Å². The second-order valence-electron chi connectivity index (χ2n) is 3.77. The molecule has 1 aromatic carbocycles. The van der Waals surface area contributed by atoms with Crippen molar-refractivity contribution in [2.75, 3.05) is 11.8 Å². The minimum Gasteiger partial charge on any atom is -0.464 e. The van der Waals surface area contributed by atoms with Crippen LogP contribution < -0.4 is 4.72 Å². The topological polar surface area (TPSA) is 109 Å². The van der Waals surface area contributed by atoms with Gasteiger partial charge in [-0.15, -0.1) is 11.3 Å². The zero-order valence-electron chi connectivity index (χ0n) is 10.7. The van der Waals surface area contributed by atoms with Gasteiger partial charge in [0.25, 0.3) is 10.0 Å². The molecule has 0 bridgehead atoms. The normalized spacial score (nSPS) is 10.7. The van der Waals surface area contributed by atoms with Crippen molar-refractivity contribution in [1.29, 1.82) is 5.26 Å². The molecule has 0 spiro atoms. The predicted molar refractivity (Wildman–Crippen MR) is 75.4 cm³/mol. The van der Waals surface area contributed by atoms with Crippen LogP contribution in [0.4, 0.5) is 5.69 Å². The molecule has 2 rings (SSSR count). The van der Waals surface area contributed by atoms with E-state index < -0.39 is 16.0 Å². The van der Waals surface area contributed by atoms with Gasteiger partial charge in [0.1, 0.15) is 0 Å². The first-order chi connectivity index (χ1) is 9.97. The van der Waals surface area contributed by atoms with Crippen LogP contribution in [-0.2, 0) is 14.8 Å². The van der Waals surface area contributed by atoms with Crippen LogP contribution in [0.25, 0.3) is 0 Å². The molecule has 0 aliphatic carbocycles. The quantitative estimate of drug-likeness (QED) is 0.856. The smallest absolute Gasteiger partial charge is 0.358 e. The second-order valence-corrected chi connectivity index (χ2v) is 6.51. The molecule has 1 N–H and O–H groups in total. The average Bonchev–Trinajstić information content (AvgIpc) is 2.97. The van der Waals surface area contributed by atoms with Crippen LogP contribution in [0.1, 0.15) is 16.1 Å². The number of aromatic nitrogens is 1. The number of nitrogens with one attached hydrogen (secondary N) is 1. The average molecular weight is 323 g/mol. The third-order valence-corrected chi connectivity index (χ3v) is 5.18. The zero-order chi connectivity index (χ0) is 15.5. The predicted octanol–water partition coefficient (Wildman–Crippen LogP) is 1.60. The molecule has 108 valence electrons. The summed E-state index contributed by atoms with van der Waals surface area (Å²) in [6.45, 7) is 0. The molecule has 2 aromatic rings. The third kappa shape index (κ3) is 3.18. The summed E-state index contributed by atoms with van der Waals surface area (Å²) in [6.07, 6.45) is 0. The lowest BCUT2D eigenvalue weighted by Gasteiger charge is -2.07. The standard InChI is InChI=1S/C12H9N3O4S2/c1-19-11(16)10-12(20-7-14-10)21(17,18)15-9-4-2-8(6-13)3-5-9/h2-5,7,15H,1H3. The van der Waals surface area contributed by atoms with E-state index in [0.717, 1.165) is 18.4 Å². The Balaban J connectivity index is 2.32. The fraction of sp³-hybridized carbons (Fsp3) is 0.0833. The summed E-state index contributed by atoms with van der Waals surface area (Å²) in [5.74, 6) is -0.823. The number of hydrogen-bond acceptors (Lipinski definition) is 7. The van der Waals surface area contributed by atoms with E-state index in [1.165, 1.54) is 29.8 Å².